The molecule has 4 heteroatoms. The van der Waals surface area contributed by atoms with Crippen molar-refractivity contribution in [1.82, 2.24) is 4.90 Å². The molecule has 0 atom stereocenters. The van der Waals surface area contributed by atoms with Crippen molar-refractivity contribution in [3.05, 3.63) is 28.7 Å². The Labute approximate surface area is 123 Å². The van der Waals surface area contributed by atoms with E-state index in [-0.39, 0.29) is 5.41 Å². The van der Waals surface area contributed by atoms with Crippen LogP contribution < -0.4 is 4.74 Å². The van der Waals surface area contributed by atoms with Crippen molar-refractivity contribution >= 4 is 15.9 Å². The normalized spacial score (nSPS) is 18.8. The van der Waals surface area contributed by atoms with Gasteiger partial charge in [0, 0.05) is 11.0 Å². The Morgan fingerprint density at radius 1 is 1.32 bits per heavy atom. The molecule has 0 aliphatic carbocycles. The van der Waals surface area contributed by atoms with E-state index in [0.29, 0.717) is 6.61 Å². The summed E-state index contributed by atoms with van der Waals surface area (Å²) in [5.74, 6) is 0.905. The number of hydrogen-bond donors (Lipinski definition) is 0. The van der Waals surface area contributed by atoms with E-state index in [4.69, 9.17) is 10.00 Å². The molecule has 2 rings (SSSR count). The molecule has 1 aliphatic heterocycles. The van der Waals surface area contributed by atoms with Crippen molar-refractivity contribution in [3.63, 3.8) is 0 Å². The van der Waals surface area contributed by atoms with Gasteiger partial charge in [0.25, 0.3) is 0 Å². The third kappa shape index (κ3) is 4.22. The van der Waals surface area contributed by atoms with Gasteiger partial charge in [0.2, 0.25) is 0 Å². The molecule has 0 aromatic heterocycles. The molecule has 0 N–H and O–H groups in total. The first-order valence-electron chi connectivity index (χ1n) is 6.63. The predicted molar refractivity (Wildman–Crippen MR) is 79.0 cm³/mol. The molecule has 0 radical (unpaired) electrons. The Hall–Kier alpha value is -1.05. The van der Waals surface area contributed by atoms with Crippen molar-refractivity contribution in [2.45, 2.75) is 19.8 Å². The highest BCUT2D eigenvalue weighted by Gasteiger charge is 2.29. The Morgan fingerprint density at radius 3 is 2.53 bits per heavy atom. The summed E-state index contributed by atoms with van der Waals surface area (Å²) in [5, 5.41) is 9.09. The second-order valence-corrected chi connectivity index (χ2v) is 6.23. The monoisotopic (exact) mass is 322 g/mol. The highest BCUT2D eigenvalue weighted by atomic mass is 79.9. The summed E-state index contributed by atoms with van der Waals surface area (Å²) in [6, 6.07) is 10.3. The van der Waals surface area contributed by atoms with E-state index in [0.717, 1.165) is 42.7 Å². The van der Waals surface area contributed by atoms with Crippen molar-refractivity contribution < 1.29 is 4.74 Å². The van der Waals surface area contributed by atoms with Crippen molar-refractivity contribution in [2.75, 3.05) is 26.2 Å². The molecule has 1 fully saturated rings. The molecule has 102 valence electrons. The number of nitriles is 1. The Morgan fingerprint density at radius 2 is 1.95 bits per heavy atom. The van der Waals surface area contributed by atoms with Crippen LogP contribution in [0.5, 0.6) is 5.75 Å². The first-order chi connectivity index (χ1) is 9.11. The number of halogens is 1. The zero-order valence-corrected chi connectivity index (χ0v) is 12.8. The molecule has 1 aromatic carbocycles. The Bertz CT molecular complexity index is 444. The average Bonchev–Trinajstić information content (AvgIpc) is 2.43. The summed E-state index contributed by atoms with van der Waals surface area (Å²) in [4.78, 5) is 2.37. The van der Waals surface area contributed by atoms with Crippen LogP contribution in [-0.4, -0.2) is 31.1 Å². The lowest BCUT2D eigenvalue weighted by Crippen LogP contribution is -2.39. The highest BCUT2D eigenvalue weighted by Crippen LogP contribution is 2.29. The smallest absolute Gasteiger partial charge is 0.119 e. The maximum absolute atomic E-state index is 9.09. The summed E-state index contributed by atoms with van der Waals surface area (Å²) >= 11 is 3.40. The summed E-state index contributed by atoms with van der Waals surface area (Å²) < 4.78 is 6.78. The van der Waals surface area contributed by atoms with Gasteiger partial charge >= 0.3 is 0 Å². The maximum Gasteiger partial charge on any atom is 0.119 e. The molecule has 3 nitrogen and oxygen atoms in total. The van der Waals surface area contributed by atoms with Crippen LogP contribution in [-0.2, 0) is 0 Å². The molecular weight excluding hydrogens is 304 g/mol. The standard InChI is InChI=1S/C15H19BrN2O/c1-15(12-17)6-8-18(9-7-15)10-11-19-14-4-2-13(16)3-5-14/h2-5H,6-11H2,1H3. The number of likely N-dealkylation sites (tertiary alicyclic amines) is 1. The fourth-order valence-electron chi connectivity index (χ4n) is 2.21. The van der Waals surface area contributed by atoms with Gasteiger partial charge in [-0.1, -0.05) is 15.9 Å². The lowest BCUT2D eigenvalue weighted by Gasteiger charge is -2.34. The van der Waals surface area contributed by atoms with Crippen LogP contribution in [0.2, 0.25) is 0 Å². The molecule has 0 amide bonds. The fraction of sp³-hybridized carbons (Fsp3) is 0.533. The van der Waals surface area contributed by atoms with Crippen LogP contribution in [0.25, 0.3) is 0 Å². The van der Waals surface area contributed by atoms with Crippen molar-refractivity contribution in [1.29, 1.82) is 5.26 Å². The van der Waals surface area contributed by atoms with Crippen LogP contribution in [0.15, 0.2) is 28.7 Å². The summed E-state index contributed by atoms with van der Waals surface area (Å²) in [6.45, 7) is 5.67. The van der Waals surface area contributed by atoms with Gasteiger partial charge < -0.3 is 4.74 Å². The minimum Gasteiger partial charge on any atom is -0.492 e. The molecule has 0 unspecified atom stereocenters. The zero-order valence-electron chi connectivity index (χ0n) is 11.2. The van der Waals surface area contributed by atoms with Gasteiger partial charge in [-0.25, -0.2) is 0 Å². The van der Waals surface area contributed by atoms with E-state index < -0.39 is 0 Å². The first kappa shape index (κ1) is 14.4. The molecule has 1 heterocycles. The number of hydrogen-bond acceptors (Lipinski definition) is 3. The van der Waals surface area contributed by atoms with E-state index in [1.54, 1.807) is 0 Å². The first-order valence-corrected chi connectivity index (χ1v) is 7.43. The van der Waals surface area contributed by atoms with Gasteiger partial charge in [-0.3, -0.25) is 4.90 Å². The minimum absolute atomic E-state index is 0.122. The fourth-order valence-corrected chi connectivity index (χ4v) is 2.47. The molecule has 0 spiro atoms. The lowest BCUT2D eigenvalue weighted by molar-refractivity contribution is 0.135. The SMILES string of the molecule is CC1(C#N)CCN(CCOc2ccc(Br)cc2)CC1. The van der Waals surface area contributed by atoms with E-state index in [2.05, 4.69) is 33.8 Å². The summed E-state index contributed by atoms with van der Waals surface area (Å²) in [7, 11) is 0. The quantitative estimate of drug-likeness (QED) is 0.851. The molecule has 1 aromatic rings. The number of ether oxygens (including phenoxy) is 1. The van der Waals surface area contributed by atoms with Crippen LogP contribution in [0, 0.1) is 16.7 Å². The van der Waals surface area contributed by atoms with Crippen LogP contribution in [0.3, 0.4) is 0 Å². The van der Waals surface area contributed by atoms with Gasteiger partial charge in [0.1, 0.15) is 12.4 Å². The van der Waals surface area contributed by atoms with Gasteiger partial charge in [-0.05, 0) is 57.1 Å². The lowest BCUT2D eigenvalue weighted by atomic mass is 9.82. The molecular formula is C15H19BrN2O. The Kier molecular flexibility index (Phi) is 4.84. The Balaban J connectivity index is 1.70. The van der Waals surface area contributed by atoms with E-state index in [1.807, 2.05) is 24.3 Å². The topological polar surface area (TPSA) is 36.3 Å². The average molecular weight is 323 g/mol. The number of rotatable bonds is 4. The minimum atomic E-state index is -0.122. The van der Waals surface area contributed by atoms with Crippen LogP contribution >= 0.6 is 15.9 Å². The second kappa shape index (κ2) is 6.40. The van der Waals surface area contributed by atoms with Gasteiger partial charge in [0.15, 0.2) is 0 Å². The molecule has 1 aliphatic rings. The van der Waals surface area contributed by atoms with Gasteiger partial charge in [-0.15, -0.1) is 0 Å². The van der Waals surface area contributed by atoms with Gasteiger partial charge in [-0.2, -0.15) is 5.26 Å². The number of benzene rings is 1. The second-order valence-electron chi connectivity index (χ2n) is 5.32. The van der Waals surface area contributed by atoms with E-state index in [9.17, 15) is 0 Å². The summed E-state index contributed by atoms with van der Waals surface area (Å²) in [6.07, 6.45) is 1.92. The maximum atomic E-state index is 9.09. The molecule has 0 saturated carbocycles. The third-order valence-corrected chi connectivity index (χ3v) is 4.25. The number of nitrogens with zero attached hydrogens (tertiary/aromatic N) is 2. The highest BCUT2D eigenvalue weighted by molar-refractivity contribution is 9.10. The molecule has 1 saturated heterocycles. The predicted octanol–water partition coefficient (Wildman–Crippen LogP) is 3.45. The molecule has 0 bridgehead atoms. The van der Waals surface area contributed by atoms with E-state index in [1.165, 1.54) is 0 Å². The van der Waals surface area contributed by atoms with Crippen molar-refractivity contribution in [3.8, 4) is 11.8 Å². The zero-order chi connectivity index (χ0) is 13.7. The largest absolute Gasteiger partial charge is 0.492 e. The molecule has 19 heavy (non-hydrogen) atoms. The third-order valence-electron chi connectivity index (χ3n) is 3.72. The van der Waals surface area contributed by atoms with Crippen molar-refractivity contribution in [2.24, 2.45) is 5.41 Å². The summed E-state index contributed by atoms with van der Waals surface area (Å²) in [5.41, 5.74) is -0.122. The van der Waals surface area contributed by atoms with Crippen LogP contribution in [0.4, 0.5) is 0 Å². The number of piperidine rings is 1. The van der Waals surface area contributed by atoms with E-state index >= 15 is 0 Å². The van der Waals surface area contributed by atoms with Crippen LogP contribution in [0.1, 0.15) is 19.8 Å². The van der Waals surface area contributed by atoms with Gasteiger partial charge in [0.05, 0.1) is 11.5 Å².